The fourth-order valence-corrected chi connectivity index (χ4v) is 4.15. The number of methoxy groups -OCH3 is 1. The zero-order valence-corrected chi connectivity index (χ0v) is 19.1. The molecule has 0 radical (unpaired) electrons. The van der Waals surface area contributed by atoms with Crippen LogP contribution in [0, 0.1) is 18.6 Å². The maximum absolute atomic E-state index is 13.7. The largest absolute Gasteiger partial charge is 0.497 e. The minimum atomic E-state index is -0.234. The lowest BCUT2D eigenvalue weighted by Gasteiger charge is -2.36. The van der Waals surface area contributed by atoms with Gasteiger partial charge in [-0.25, -0.2) is 8.78 Å². The van der Waals surface area contributed by atoms with Crippen LogP contribution in [-0.2, 0) is 0 Å². The van der Waals surface area contributed by atoms with Gasteiger partial charge in [0, 0.05) is 44.8 Å². The van der Waals surface area contributed by atoms with Gasteiger partial charge in [-0.05, 0) is 72.6 Å². The molecule has 1 saturated heterocycles. The lowest BCUT2D eigenvalue weighted by Crippen LogP contribution is -2.46. The average Bonchev–Trinajstić information content (AvgIpc) is 2.85. The highest BCUT2D eigenvalue weighted by molar-refractivity contribution is 5.46. The van der Waals surface area contributed by atoms with Crippen LogP contribution in [0.2, 0.25) is 0 Å². The molecule has 1 fully saturated rings. The van der Waals surface area contributed by atoms with Crippen LogP contribution in [0.1, 0.15) is 23.7 Å². The molecule has 0 aromatic heterocycles. The standard InChI is InChI=1S/C27H30F2N2O2/c1-20-19-25(11-12-26(20)29)33-27(21-3-9-24(32-2)10-4-21)13-14-30-15-17-31(18-16-30)23-7-5-22(28)6-8-23/h3-12,19,27H,13-18H2,1-2H3. The molecule has 1 heterocycles. The number of anilines is 1. The second-order valence-electron chi connectivity index (χ2n) is 8.38. The van der Waals surface area contributed by atoms with Gasteiger partial charge in [0.15, 0.2) is 0 Å². The summed E-state index contributed by atoms with van der Waals surface area (Å²) < 4.78 is 38.5. The molecule has 1 aliphatic rings. The summed E-state index contributed by atoms with van der Waals surface area (Å²) in [5, 5.41) is 0. The Morgan fingerprint density at radius 3 is 2.15 bits per heavy atom. The molecule has 3 aromatic carbocycles. The highest BCUT2D eigenvalue weighted by Gasteiger charge is 2.20. The Morgan fingerprint density at radius 1 is 0.848 bits per heavy atom. The van der Waals surface area contributed by atoms with E-state index >= 15 is 0 Å². The summed E-state index contributed by atoms with van der Waals surface area (Å²) in [6.07, 6.45) is 0.648. The highest BCUT2D eigenvalue weighted by atomic mass is 19.1. The van der Waals surface area contributed by atoms with Gasteiger partial charge < -0.3 is 14.4 Å². The summed E-state index contributed by atoms with van der Waals surface area (Å²) in [4.78, 5) is 4.71. The van der Waals surface area contributed by atoms with Crippen LogP contribution in [-0.4, -0.2) is 44.7 Å². The fraction of sp³-hybridized carbons (Fsp3) is 0.333. The molecule has 0 bridgehead atoms. The Morgan fingerprint density at radius 2 is 1.52 bits per heavy atom. The van der Waals surface area contributed by atoms with Crippen LogP contribution >= 0.6 is 0 Å². The van der Waals surface area contributed by atoms with E-state index in [0.717, 1.165) is 56.1 Å². The van der Waals surface area contributed by atoms with E-state index in [4.69, 9.17) is 9.47 Å². The van der Waals surface area contributed by atoms with Crippen molar-refractivity contribution in [2.45, 2.75) is 19.4 Å². The summed E-state index contributed by atoms with van der Waals surface area (Å²) in [7, 11) is 1.65. The Kier molecular flexibility index (Phi) is 7.45. The van der Waals surface area contributed by atoms with Crippen molar-refractivity contribution >= 4 is 5.69 Å². The molecular weight excluding hydrogens is 422 g/mol. The van der Waals surface area contributed by atoms with Crippen LogP contribution in [0.5, 0.6) is 11.5 Å². The van der Waals surface area contributed by atoms with Gasteiger partial charge in [0.25, 0.3) is 0 Å². The molecule has 6 heteroatoms. The van der Waals surface area contributed by atoms with Gasteiger partial charge in [-0.1, -0.05) is 12.1 Å². The van der Waals surface area contributed by atoms with Crippen LogP contribution in [0.3, 0.4) is 0 Å². The summed E-state index contributed by atoms with van der Waals surface area (Å²) in [5.74, 6) is 1.02. The number of hydrogen-bond acceptors (Lipinski definition) is 4. The van der Waals surface area contributed by atoms with Crippen LogP contribution < -0.4 is 14.4 Å². The molecule has 1 atom stereocenters. The first-order valence-corrected chi connectivity index (χ1v) is 11.3. The van der Waals surface area contributed by atoms with Crippen LogP contribution in [0.15, 0.2) is 66.7 Å². The highest BCUT2D eigenvalue weighted by Crippen LogP contribution is 2.28. The average molecular weight is 453 g/mol. The molecule has 0 aliphatic carbocycles. The van der Waals surface area contributed by atoms with Gasteiger partial charge in [0.2, 0.25) is 0 Å². The molecule has 0 amide bonds. The third-order valence-electron chi connectivity index (χ3n) is 6.17. The number of rotatable bonds is 8. The zero-order chi connectivity index (χ0) is 23.2. The minimum absolute atomic E-state index is 0.157. The molecule has 174 valence electrons. The Labute approximate surface area is 194 Å². The molecular formula is C27H30F2N2O2. The first kappa shape index (κ1) is 23.1. The first-order valence-electron chi connectivity index (χ1n) is 11.3. The van der Waals surface area contributed by atoms with Crippen molar-refractivity contribution < 1.29 is 18.3 Å². The molecule has 0 spiro atoms. The van der Waals surface area contributed by atoms with Crippen LogP contribution in [0.4, 0.5) is 14.5 Å². The van der Waals surface area contributed by atoms with Gasteiger partial charge in [0.1, 0.15) is 29.2 Å². The Hall–Kier alpha value is -3.12. The number of nitrogens with zero attached hydrogens (tertiary/aromatic N) is 2. The van der Waals surface area contributed by atoms with E-state index in [2.05, 4.69) is 9.80 Å². The van der Waals surface area contributed by atoms with Crippen molar-refractivity contribution in [1.29, 1.82) is 0 Å². The van der Waals surface area contributed by atoms with E-state index in [-0.39, 0.29) is 17.7 Å². The second kappa shape index (κ2) is 10.7. The molecule has 1 aliphatic heterocycles. The number of hydrogen-bond donors (Lipinski definition) is 0. The van der Waals surface area contributed by atoms with E-state index in [9.17, 15) is 8.78 Å². The second-order valence-corrected chi connectivity index (χ2v) is 8.38. The monoisotopic (exact) mass is 452 g/mol. The van der Waals surface area contributed by atoms with E-state index in [0.29, 0.717) is 11.3 Å². The van der Waals surface area contributed by atoms with Crippen LogP contribution in [0.25, 0.3) is 0 Å². The molecule has 0 N–H and O–H groups in total. The Bertz CT molecular complexity index is 1030. The number of benzene rings is 3. The summed E-state index contributed by atoms with van der Waals surface area (Å²) in [5.41, 5.74) is 2.68. The van der Waals surface area contributed by atoms with Crippen molar-refractivity contribution in [3.8, 4) is 11.5 Å². The van der Waals surface area contributed by atoms with Crippen molar-refractivity contribution in [3.63, 3.8) is 0 Å². The lowest BCUT2D eigenvalue weighted by atomic mass is 10.1. The third-order valence-corrected chi connectivity index (χ3v) is 6.17. The molecule has 0 saturated carbocycles. The fourth-order valence-electron chi connectivity index (χ4n) is 4.15. The third kappa shape index (κ3) is 6.02. The lowest BCUT2D eigenvalue weighted by molar-refractivity contribution is 0.160. The summed E-state index contributed by atoms with van der Waals surface area (Å²) in [6, 6.07) is 19.5. The maximum atomic E-state index is 13.7. The van der Waals surface area contributed by atoms with E-state index in [1.807, 2.05) is 36.4 Å². The number of ether oxygens (including phenoxy) is 2. The Balaban J connectivity index is 1.39. The number of piperazine rings is 1. The van der Waals surface area contributed by atoms with Gasteiger partial charge >= 0.3 is 0 Å². The van der Waals surface area contributed by atoms with Gasteiger partial charge in [-0.2, -0.15) is 0 Å². The quantitative estimate of drug-likeness (QED) is 0.443. The van der Waals surface area contributed by atoms with E-state index in [1.54, 1.807) is 26.2 Å². The summed E-state index contributed by atoms with van der Waals surface area (Å²) in [6.45, 7) is 6.29. The molecule has 4 rings (SSSR count). The summed E-state index contributed by atoms with van der Waals surface area (Å²) >= 11 is 0. The maximum Gasteiger partial charge on any atom is 0.126 e. The van der Waals surface area contributed by atoms with Crippen molar-refractivity contribution in [2.75, 3.05) is 44.7 Å². The molecule has 33 heavy (non-hydrogen) atoms. The number of aryl methyl sites for hydroxylation is 1. The smallest absolute Gasteiger partial charge is 0.126 e. The topological polar surface area (TPSA) is 24.9 Å². The van der Waals surface area contributed by atoms with E-state index in [1.165, 1.54) is 18.2 Å². The SMILES string of the molecule is COc1ccc(C(CCN2CCN(c3ccc(F)cc3)CC2)Oc2ccc(F)c(C)c2)cc1. The first-order chi connectivity index (χ1) is 16.0. The normalized spacial score (nSPS) is 15.3. The van der Waals surface area contributed by atoms with E-state index < -0.39 is 0 Å². The van der Waals surface area contributed by atoms with Gasteiger partial charge in [-0.3, -0.25) is 4.90 Å². The zero-order valence-electron chi connectivity index (χ0n) is 19.1. The predicted octanol–water partition coefficient (Wildman–Crippen LogP) is 5.61. The van der Waals surface area contributed by atoms with Crippen molar-refractivity contribution in [3.05, 3.63) is 89.5 Å². The van der Waals surface area contributed by atoms with Gasteiger partial charge in [0.05, 0.1) is 7.11 Å². The minimum Gasteiger partial charge on any atom is -0.497 e. The molecule has 1 unspecified atom stereocenters. The van der Waals surface area contributed by atoms with Crippen molar-refractivity contribution in [2.24, 2.45) is 0 Å². The molecule has 4 nitrogen and oxygen atoms in total. The van der Waals surface area contributed by atoms with Crippen molar-refractivity contribution in [1.82, 2.24) is 4.90 Å². The number of halogens is 2. The molecule has 3 aromatic rings. The van der Waals surface area contributed by atoms with Gasteiger partial charge in [-0.15, -0.1) is 0 Å². The predicted molar refractivity (Wildman–Crippen MR) is 127 cm³/mol.